The smallest absolute Gasteiger partial charge is 0.296 e. The number of benzene rings is 2. The van der Waals surface area contributed by atoms with Gasteiger partial charge in [0.05, 0.1) is 30.5 Å². The van der Waals surface area contributed by atoms with Crippen molar-refractivity contribution in [2.75, 3.05) is 25.7 Å². The number of rotatable bonds is 4. The molecule has 0 heterocycles. The summed E-state index contributed by atoms with van der Waals surface area (Å²) in [5.41, 5.74) is 10.9. The van der Waals surface area contributed by atoms with Gasteiger partial charge in [-0.05, 0) is 30.3 Å². The Hall–Kier alpha value is -2.54. The fourth-order valence-corrected chi connectivity index (χ4v) is 2.94. The van der Waals surface area contributed by atoms with Gasteiger partial charge in [-0.25, -0.2) is 0 Å². The topological polar surface area (TPSA) is 179 Å². The first-order valence-electron chi connectivity index (χ1n) is 6.72. The Labute approximate surface area is 150 Å². The average molecular weight is 406 g/mol. The molecule has 0 aliphatic rings. The highest BCUT2D eigenvalue weighted by molar-refractivity contribution is 7.86. The maximum atomic E-state index is 10.7. The molecule has 12 heteroatoms. The maximum Gasteiger partial charge on any atom is 0.296 e. The highest BCUT2D eigenvalue weighted by atomic mass is 32.2. The molecule has 26 heavy (non-hydrogen) atoms. The lowest BCUT2D eigenvalue weighted by Gasteiger charge is -2.06. The van der Waals surface area contributed by atoms with E-state index in [1.165, 1.54) is 44.6 Å². The van der Waals surface area contributed by atoms with Crippen LogP contribution in [-0.2, 0) is 20.2 Å². The number of anilines is 2. The zero-order valence-electron chi connectivity index (χ0n) is 13.8. The molecule has 0 atom stereocenters. The van der Waals surface area contributed by atoms with Crippen molar-refractivity contribution in [1.29, 1.82) is 0 Å². The lowest BCUT2D eigenvalue weighted by atomic mass is 10.3. The molecule has 0 spiro atoms. The summed E-state index contributed by atoms with van der Waals surface area (Å²) < 4.78 is 69.7. The number of hydrogen-bond acceptors (Lipinski definition) is 8. The summed E-state index contributed by atoms with van der Waals surface area (Å²) >= 11 is 0. The SMILES string of the molecule is COc1ccc(S(=O)(=O)O)cc1N.COc1cccc(S(=O)(=O)O)c1N. The summed E-state index contributed by atoms with van der Waals surface area (Å²) in [6.45, 7) is 0. The minimum atomic E-state index is -4.27. The van der Waals surface area contributed by atoms with Crippen molar-refractivity contribution in [2.24, 2.45) is 0 Å². The van der Waals surface area contributed by atoms with E-state index in [4.69, 9.17) is 30.0 Å². The van der Waals surface area contributed by atoms with Crippen LogP contribution in [0.3, 0.4) is 0 Å². The van der Waals surface area contributed by atoms with Crippen molar-refractivity contribution in [3.05, 3.63) is 36.4 Å². The quantitative estimate of drug-likeness (QED) is 0.423. The van der Waals surface area contributed by atoms with Gasteiger partial charge in [-0.15, -0.1) is 0 Å². The van der Waals surface area contributed by atoms with Gasteiger partial charge in [0.15, 0.2) is 0 Å². The molecule has 2 aromatic carbocycles. The van der Waals surface area contributed by atoms with E-state index >= 15 is 0 Å². The third kappa shape index (κ3) is 5.49. The van der Waals surface area contributed by atoms with Crippen molar-refractivity contribution in [2.45, 2.75) is 9.79 Å². The number of nitrogen functional groups attached to an aromatic ring is 2. The number of hydrogen-bond donors (Lipinski definition) is 4. The Morgan fingerprint density at radius 3 is 1.85 bits per heavy atom. The van der Waals surface area contributed by atoms with Crippen LogP contribution in [0.5, 0.6) is 11.5 Å². The second-order valence-electron chi connectivity index (χ2n) is 4.73. The summed E-state index contributed by atoms with van der Waals surface area (Å²) in [6.07, 6.45) is 0. The van der Waals surface area contributed by atoms with E-state index in [0.29, 0.717) is 5.75 Å². The molecular formula is C14H18N2O8S2. The van der Waals surface area contributed by atoms with Gasteiger partial charge in [-0.1, -0.05) is 6.07 Å². The highest BCUT2D eigenvalue weighted by Gasteiger charge is 2.16. The van der Waals surface area contributed by atoms with Gasteiger partial charge in [0.2, 0.25) is 0 Å². The van der Waals surface area contributed by atoms with Crippen molar-refractivity contribution >= 4 is 31.6 Å². The Balaban J connectivity index is 0.000000260. The van der Waals surface area contributed by atoms with E-state index in [1.54, 1.807) is 0 Å². The van der Waals surface area contributed by atoms with Crippen LogP contribution in [0.2, 0.25) is 0 Å². The van der Waals surface area contributed by atoms with E-state index < -0.39 is 20.2 Å². The standard InChI is InChI=1S/2C7H9NO4S/c1-12-7-3-2-5(4-6(7)8)13(9,10)11;1-12-5-3-2-4-6(7(5)8)13(9,10)11/h2*2-4H,8H2,1H3,(H,9,10,11). The normalized spacial score (nSPS) is 11.2. The summed E-state index contributed by atoms with van der Waals surface area (Å²) in [7, 11) is -5.68. The van der Waals surface area contributed by atoms with Crippen LogP contribution in [0.25, 0.3) is 0 Å². The number of nitrogens with two attached hydrogens (primary N) is 2. The predicted molar refractivity (Wildman–Crippen MR) is 94.4 cm³/mol. The van der Waals surface area contributed by atoms with Crippen molar-refractivity contribution in [3.8, 4) is 11.5 Å². The van der Waals surface area contributed by atoms with Crippen molar-refractivity contribution in [1.82, 2.24) is 0 Å². The van der Waals surface area contributed by atoms with E-state index in [0.717, 1.165) is 6.07 Å². The fraction of sp³-hybridized carbons (Fsp3) is 0.143. The van der Waals surface area contributed by atoms with E-state index in [9.17, 15) is 16.8 Å². The molecule has 2 aromatic rings. The summed E-state index contributed by atoms with van der Waals surface area (Å²) in [6, 6.07) is 7.85. The predicted octanol–water partition coefficient (Wildman–Crippen LogP) is 1.05. The minimum Gasteiger partial charge on any atom is -0.495 e. The zero-order valence-corrected chi connectivity index (χ0v) is 15.4. The molecule has 0 saturated heterocycles. The van der Waals surface area contributed by atoms with E-state index in [2.05, 4.69) is 0 Å². The Morgan fingerprint density at radius 2 is 1.42 bits per heavy atom. The molecule has 0 aliphatic heterocycles. The van der Waals surface area contributed by atoms with Crippen LogP contribution in [0, 0.1) is 0 Å². The second kappa shape index (κ2) is 8.23. The van der Waals surface area contributed by atoms with Crippen molar-refractivity contribution < 1.29 is 35.4 Å². The van der Waals surface area contributed by atoms with Gasteiger partial charge >= 0.3 is 0 Å². The van der Waals surface area contributed by atoms with Crippen LogP contribution in [0.4, 0.5) is 11.4 Å². The summed E-state index contributed by atoms with van der Waals surface area (Å²) in [4.78, 5) is -0.586. The fourth-order valence-electron chi connectivity index (χ4n) is 1.80. The molecule has 144 valence electrons. The number of para-hydroxylation sites is 1. The molecule has 0 aliphatic carbocycles. The van der Waals surface area contributed by atoms with Crippen LogP contribution in [-0.4, -0.2) is 40.2 Å². The maximum absolute atomic E-state index is 10.7. The van der Waals surface area contributed by atoms with Crippen LogP contribution in [0.1, 0.15) is 0 Å². The van der Waals surface area contributed by atoms with Crippen molar-refractivity contribution in [3.63, 3.8) is 0 Å². The lowest BCUT2D eigenvalue weighted by molar-refractivity contribution is 0.415. The van der Waals surface area contributed by atoms with Crippen LogP contribution in [0.15, 0.2) is 46.2 Å². The first-order valence-corrected chi connectivity index (χ1v) is 9.60. The molecule has 0 bridgehead atoms. The molecule has 6 N–H and O–H groups in total. The monoisotopic (exact) mass is 406 g/mol. The largest absolute Gasteiger partial charge is 0.495 e. The van der Waals surface area contributed by atoms with Gasteiger partial charge in [0.25, 0.3) is 20.2 Å². The molecule has 0 unspecified atom stereocenters. The number of methoxy groups -OCH3 is 2. The lowest BCUT2D eigenvalue weighted by Crippen LogP contribution is -2.04. The number of ether oxygens (including phenoxy) is 2. The third-order valence-electron chi connectivity index (χ3n) is 3.02. The zero-order chi connectivity index (χ0) is 20.1. The highest BCUT2D eigenvalue weighted by Crippen LogP contribution is 2.27. The molecule has 10 nitrogen and oxygen atoms in total. The van der Waals surface area contributed by atoms with Crippen LogP contribution >= 0.6 is 0 Å². The molecule has 0 amide bonds. The first-order chi connectivity index (χ1) is 11.9. The molecule has 0 aromatic heterocycles. The average Bonchev–Trinajstić information content (AvgIpc) is 2.53. The van der Waals surface area contributed by atoms with E-state index in [1.807, 2.05) is 0 Å². The Bertz CT molecular complexity index is 988. The molecule has 2 rings (SSSR count). The molecular weight excluding hydrogens is 388 g/mol. The van der Waals surface area contributed by atoms with Crippen LogP contribution < -0.4 is 20.9 Å². The molecule has 0 radical (unpaired) electrons. The second-order valence-corrected chi connectivity index (χ2v) is 7.54. The summed E-state index contributed by atoms with van der Waals surface area (Å²) in [5.74, 6) is 0.586. The first kappa shape index (κ1) is 21.5. The van der Waals surface area contributed by atoms with Gasteiger partial charge in [-0.2, -0.15) is 16.8 Å². The van der Waals surface area contributed by atoms with Gasteiger partial charge in [0.1, 0.15) is 16.4 Å². The Morgan fingerprint density at radius 1 is 0.846 bits per heavy atom. The summed E-state index contributed by atoms with van der Waals surface area (Å²) in [5, 5.41) is 0. The van der Waals surface area contributed by atoms with Gasteiger partial charge in [-0.3, -0.25) is 9.11 Å². The van der Waals surface area contributed by atoms with E-state index in [-0.39, 0.29) is 26.9 Å². The molecule has 0 saturated carbocycles. The Kier molecular flexibility index (Phi) is 6.80. The molecule has 0 fully saturated rings. The third-order valence-corrected chi connectivity index (χ3v) is 4.78. The van der Waals surface area contributed by atoms with Gasteiger partial charge in [0, 0.05) is 0 Å². The minimum absolute atomic E-state index is 0.0903. The van der Waals surface area contributed by atoms with Gasteiger partial charge < -0.3 is 20.9 Å².